The van der Waals surface area contributed by atoms with Gasteiger partial charge in [0.15, 0.2) is 5.75 Å². The Morgan fingerprint density at radius 3 is 2.71 bits per heavy atom. The lowest BCUT2D eigenvalue weighted by molar-refractivity contribution is -0.386. The third-order valence-corrected chi connectivity index (χ3v) is 3.78. The van der Waals surface area contributed by atoms with Crippen molar-refractivity contribution in [1.29, 1.82) is 0 Å². The SMILES string of the molecule is O=[N+]([O-])c1cc(CBr)ccc1OCc1cc(F)ccc1Cl. The Labute approximate surface area is 133 Å². The quantitative estimate of drug-likeness (QED) is 0.426. The maximum absolute atomic E-state index is 13.2. The number of benzene rings is 2. The Balaban J connectivity index is 2.23. The van der Waals surface area contributed by atoms with E-state index in [1.54, 1.807) is 6.07 Å². The van der Waals surface area contributed by atoms with E-state index in [2.05, 4.69) is 15.9 Å². The van der Waals surface area contributed by atoms with E-state index in [1.165, 1.54) is 30.3 Å². The smallest absolute Gasteiger partial charge is 0.311 e. The van der Waals surface area contributed by atoms with Gasteiger partial charge in [-0.05, 0) is 29.8 Å². The molecule has 0 unspecified atom stereocenters. The van der Waals surface area contributed by atoms with Gasteiger partial charge in [-0.15, -0.1) is 0 Å². The van der Waals surface area contributed by atoms with Gasteiger partial charge in [-0.1, -0.05) is 33.6 Å². The highest BCUT2D eigenvalue weighted by atomic mass is 79.9. The molecule has 4 nitrogen and oxygen atoms in total. The van der Waals surface area contributed by atoms with Crippen molar-refractivity contribution in [3.8, 4) is 5.75 Å². The molecule has 0 bridgehead atoms. The van der Waals surface area contributed by atoms with Crippen LogP contribution in [-0.4, -0.2) is 4.92 Å². The molecule has 0 aliphatic carbocycles. The third-order valence-electron chi connectivity index (χ3n) is 2.77. The summed E-state index contributed by atoms with van der Waals surface area (Å²) in [5.41, 5.74) is 1.05. The molecule has 0 saturated carbocycles. The van der Waals surface area contributed by atoms with Crippen molar-refractivity contribution >= 4 is 33.2 Å². The van der Waals surface area contributed by atoms with E-state index in [0.29, 0.717) is 15.9 Å². The van der Waals surface area contributed by atoms with E-state index in [-0.39, 0.29) is 18.0 Å². The Morgan fingerprint density at radius 2 is 2.05 bits per heavy atom. The van der Waals surface area contributed by atoms with E-state index >= 15 is 0 Å². The summed E-state index contributed by atoms with van der Waals surface area (Å²) >= 11 is 9.16. The number of hydrogen-bond donors (Lipinski definition) is 0. The highest BCUT2D eigenvalue weighted by molar-refractivity contribution is 9.08. The first-order chi connectivity index (χ1) is 10.0. The molecule has 0 atom stereocenters. The van der Waals surface area contributed by atoms with Gasteiger partial charge in [0, 0.05) is 22.0 Å². The van der Waals surface area contributed by atoms with Crippen molar-refractivity contribution in [1.82, 2.24) is 0 Å². The van der Waals surface area contributed by atoms with Crippen LogP contribution in [0, 0.1) is 15.9 Å². The second-order valence-corrected chi connectivity index (χ2v) is 5.19. The van der Waals surface area contributed by atoms with Crippen molar-refractivity contribution in [3.63, 3.8) is 0 Å². The molecule has 7 heteroatoms. The summed E-state index contributed by atoms with van der Waals surface area (Å²) in [4.78, 5) is 10.5. The lowest BCUT2D eigenvalue weighted by atomic mass is 10.2. The fourth-order valence-electron chi connectivity index (χ4n) is 1.72. The molecule has 0 amide bonds. The number of alkyl halides is 1. The Hall–Kier alpha value is -1.66. The van der Waals surface area contributed by atoms with Gasteiger partial charge in [-0.2, -0.15) is 0 Å². The van der Waals surface area contributed by atoms with Crippen LogP contribution in [0.3, 0.4) is 0 Å². The molecule has 2 rings (SSSR count). The first-order valence-corrected chi connectivity index (χ1v) is 7.41. The van der Waals surface area contributed by atoms with Crippen molar-refractivity contribution < 1.29 is 14.1 Å². The molecule has 21 heavy (non-hydrogen) atoms. The summed E-state index contributed by atoms with van der Waals surface area (Å²) in [7, 11) is 0. The van der Waals surface area contributed by atoms with Crippen LogP contribution in [0.1, 0.15) is 11.1 Å². The van der Waals surface area contributed by atoms with Gasteiger partial charge in [-0.25, -0.2) is 4.39 Å². The number of nitro groups is 1. The van der Waals surface area contributed by atoms with E-state index in [1.807, 2.05) is 0 Å². The summed E-state index contributed by atoms with van der Waals surface area (Å²) in [6.45, 7) is -0.0505. The van der Waals surface area contributed by atoms with Gasteiger partial charge in [0.1, 0.15) is 12.4 Å². The lowest BCUT2D eigenvalue weighted by Crippen LogP contribution is -2.00. The first-order valence-electron chi connectivity index (χ1n) is 5.91. The number of hydrogen-bond acceptors (Lipinski definition) is 3. The van der Waals surface area contributed by atoms with Crippen molar-refractivity contribution in [2.24, 2.45) is 0 Å². The van der Waals surface area contributed by atoms with Gasteiger partial charge in [0.05, 0.1) is 4.92 Å². The van der Waals surface area contributed by atoms with Crippen LogP contribution < -0.4 is 4.74 Å². The predicted octanol–water partition coefficient (Wildman–Crippen LogP) is 4.86. The molecule has 0 N–H and O–H groups in total. The van der Waals surface area contributed by atoms with Crippen LogP contribution in [-0.2, 0) is 11.9 Å². The number of rotatable bonds is 5. The zero-order chi connectivity index (χ0) is 15.4. The summed E-state index contributed by atoms with van der Waals surface area (Å²) in [5.74, 6) is -0.327. The first kappa shape index (κ1) is 15.7. The maximum Gasteiger partial charge on any atom is 0.311 e. The molecule has 0 spiro atoms. The maximum atomic E-state index is 13.2. The summed E-state index contributed by atoms with van der Waals surface area (Å²) in [6, 6.07) is 8.54. The number of nitro benzene ring substituents is 1. The van der Waals surface area contributed by atoms with Gasteiger partial charge >= 0.3 is 5.69 Å². The molecule has 0 heterocycles. The van der Waals surface area contributed by atoms with Crippen LogP contribution >= 0.6 is 27.5 Å². The van der Waals surface area contributed by atoms with Gasteiger partial charge in [0.25, 0.3) is 0 Å². The Kier molecular flexibility index (Phi) is 5.14. The molecule has 0 radical (unpaired) electrons. The minimum Gasteiger partial charge on any atom is -0.482 e. The van der Waals surface area contributed by atoms with Crippen LogP contribution in [0.15, 0.2) is 36.4 Å². The van der Waals surface area contributed by atoms with Crippen LogP contribution in [0.5, 0.6) is 5.75 Å². The monoisotopic (exact) mass is 373 g/mol. The predicted molar refractivity (Wildman–Crippen MR) is 81.5 cm³/mol. The van der Waals surface area contributed by atoms with Gasteiger partial charge in [-0.3, -0.25) is 10.1 Å². The molecule has 2 aromatic carbocycles. The zero-order valence-electron chi connectivity index (χ0n) is 10.7. The van der Waals surface area contributed by atoms with E-state index in [9.17, 15) is 14.5 Å². The molecule has 0 aliphatic rings. The van der Waals surface area contributed by atoms with Gasteiger partial charge < -0.3 is 4.74 Å². The topological polar surface area (TPSA) is 52.4 Å². The molecule has 2 aromatic rings. The zero-order valence-corrected chi connectivity index (χ0v) is 13.0. The van der Waals surface area contributed by atoms with Crippen LogP contribution in [0.2, 0.25) is 5.02 Å². The lowest BCUT2D eigenvalue weighted by Gasteiger charge is -2.09. The number of nitrogens with zero attached hydrogens (tertiary/aromatic N) is 1. The highest BCUT2D eigenvalue weighted by Gasteiger charge is 2.16. The van der Waals surface area contributed by atoms with E-state index in [4.69, 9.17) is 16.3 Å². The molecule has 110 valence electrons. The van der Waals surface area contributed by atoms with E-state index < -0.39 is 10.7 Å². The largest absolute Gasteiger partial charge is 0.482 e. The van der Waals surface area contributed by atoms with Crippen molar-refractivity contribution in [3.05, 3.63) is 68.5 Å². The minimum absolute atomic E-state index is 0.0505. The summed E-state index contributed by atoms with van der Waals surface area (Å²) < 4.78 is 18.6. The highest BCUT2D eigenvalue weighted by Crippen LogP contribution is 2.30. The summed E-state index contributed by atoms with van der Waals surface area (Å²) in [6.07, 6.45) is 0. The van der Waals surface area contributed by atoms with Crippen LogP contribution in [0.4, 0.5) is 10.1 Å². The standard InChI is InChI=1S/C14H10BrClFNO3/c15-7-9-1-4-14(13(5-9)18(19)20)21-8-10-6-11(17)2-3-12(10)16/h1-6H,7-8H2. The van der Waals surface area contributed by atoms with Crippen molar-refractivity contribution in [2.75, 3.05) is 0 Å². The summed E-state index contributed by atoms with van der Waals surface area (Å²) in [5, 5.41) is 11.9. The minimum atomic E-state index is -0.519. The molecule has 0 fully saturated rings. The molecular weight excluding hydrogens is 365 g/mol. The second kappa shape index (κ2) is 6.87. The molecule has 0 aromatic heterocycles. The average molecular weight is 375 g/mol. The fraction of sp³-hybridized carbons (Fsp3) is 0.143. The van der Waals surface area contributed by atoms with Gasteiger partial charge in [0.2, 0.25) is 0 Å². The Bertz CT molecular complexity index is 681. The fourth-order valence-corrected chi connectivity index (χ4v) is 2.24. The van der Waals surface area contributed by atoms with E-state index in [0.717, 1.165) is 5.56 Å². The Morgan fingerprint density at radius 1 is 1.29 bits per heavy atom. The normalized spacial score (nSPS) is 10.4. The third kappa shape index (κ3) is 3.92. The number of ether oxygens (including phenoxy) is 1. The van der Waals surface area contributed by atoms with Crippen LogP contribution in [0.25, 0.3) is 0 Å². The molecule has 0 aliphatic heterocycles. The van der Waals surface area contributed by atoms with Crippen molar-refractivity contribution in [2.45, 2.75) is 11.9 Å². The number of halogens is 3. The second-order valence-electron chi connectivity index (χ2n) is 4.22. The average Bonchev–Trinajstić information content (AvgIpc) is 2.48. The molecule has 0 saturated heterocycles. The molecular formula is C14H10BrClFNO3.